The molecule has 0 N–H and O–H groups in total. The summed E-state index contributed by atoms with van der Waals surface area (Å²) in [5.41, 5.74) is 3.29. The van der Waals surface area contributed by atoms with Crippen LogP contribution >= 0.6 is 0 Å². The summed E-state index contributed by atoms with van der Waals surface area (Å²) in [5, 5.41) is 9.80. The van der Waals surface area contributed by atoms with Gasteiger partial charge in [0.2, 0.25) is 5.89 Å². The van der Waals surface area contributed by atoms with Gasteiger partial charge in [0.1, 0.15) is 12.9 Å². The van der Waals surface area contributed by atoms with Crippen LogP contribution in [0.5, 0.6) is 0 Å². The summed E-state index contributed by atoms with van der Waals surface area (Å²) in [5.74, 6) is 3.32. The molecule has 0 saturated heterocycles. The van der Waals surface area contributed by atoms with E-state index in [0.29, 0.717) is 40.7 Å². The summed E-state index contributed by atoms with van der Waals surface area (Å²) in [6.45, 7) is 0.204. The summed E-state index contributed by atoms with van der Waals surface area (Å²) in [7, 11) is 3.75. The zero-order chi connectivity index (χ0) is 22.3. The Morgan fingerprint density at radius 1 is 1.12 bits per heavy atom. The van der Waals surface area contributed by atoms with E-state index in [9.17, 15) is 4.79 Å². The summed E-state index contributed by atoms with van der Waals surface area (Å²) in [4.78, 5) is 25.7. The molecule has 7 rings (SSSR count). The third-order valence-corrected chi connectivity index (χ3v) is 7.47. The highest BCUT2D eigenvalue weighted by Crippen LogP contribution is 2.66. The second-order valence-corrected chi connectivity index (χ2v) is 9.36. The normalized spacial score (nSPS) is 24.1. The van der Waals surface area contributed by atoms with Gasteiger partial charge in [-0.3, -0.25) is 14.0 Å². The smallest absolute Gasteiger partial charge is 0.280 e. The fourth-order valence-corrected chi connectivity index (χ4v) is 5.73. The van der Waals surface area contributed by atoms with Crippen LogP contribution in [-0.4, -0.2) is 39.0 Å². The molecule has 2 aliphatic rings. The second kappa shape index (κ2) is 6.60. The topological polar surface area (TPSA) is 109 Å². The standard InChI is InChI=1S/C23H22N8O2/c1-29-10-24-22-20(29)23(32)31(11-25-22)9-18-27-21(28-33-18)19-15-6-13(7-16(15)19)12-3-4-17-14(5-12)8-26-30(17)2/h3-5,8,10-11,13,15-16,19H,6-7,9H2,1-2H3/t13?,15-,16+,19+. The van der Waals surface area contributed by atoms with Gasteiger partial charge in [0.15, 0.2) is 17.0 Å². The van der Waals surface area contributed by atoms with Gasteiger partial charge in [-0.25, -0.2) is 9.97 Å². The molecule has 10 heteroatoms. The number of rotatable bonds is 4. The molecule has 4 aromatic heterocycles. The Morgan fingerprint density at radius 3 is 2.79 bits per heavy atom. The molecule has 1 unspecified atom stereocenters. The van der Waals surface area contributed by atoms with E-state index < -0.39 is 0 Å². The maximum Gasteiger partial charge on any atom is 0.280 e. The SMILES string of the molecule is Cn1cnc2ncn(Cc3nc([C@H]4[C@@H]5CC(c6ccc7c(cnn7C)c6)C[C@@H]54)no3)c(=O)c21. The Balaban J connectivity index is 1.06. The van der Waals surface area contributed by atoms with Crippen molar-refractivity contribution in [2.45, 2.75) is 31.2 Å². The monoisotopic (exact) mass is 442 g/mol. The van der Waals surface area contributed by atoms with Crippen molar-refractivity contribution in [3.63, 3.8) is 0 Å². The molecule has 5 aromatic rings. The van der Waals surface area contributed by atoms with Gasteiger partial charge in [-0.1, -0.05) is 11.2 Å². The lowest BCUT2D eigenvalue weighted by Gasteiger charge is -2.14. The van der Waals surface area contributed by atoms with Gasteiger partial charge >= 0.3 is 0 Å². The Kier molecular flexibility index (Phi) is 3.74. The van der Waals surface area contributed by atoms with E-state index >= 15 is 0 Å². The highest BCUT2D eigenvalue weighted by Gasteiger charge is 2.58. The van der Waals surface area contributed by atoms with E-state index in [1.807, 2.05) is 17.9 Å². The van der Waals surface area contributed by atoms with E-state index in [1.54, 1.807) is 17.9 Å². The average molecular weight is 442 g/mol. The largest absolute Gasteiger partial charge is 0.337 e. The lowest BCUT2D eigenvalue weighted by atomic mass is 9.91. The third-order valence-electron chi connectivity index (χ3n) is 7.47. The minimum Gasteiger partial charge on any atom is -0.337 e. The molecule has 2 saturated carbocycles. The van der Waals surface area contributed by atoms with Crippen LogP contribution in [0, 0.1) is 11.8 Å². The van der Waals surface area contributed by atoms with Crippen molar-refractivity contribution < 1.29 is 4.52 Å². The summed E-state index contributed by atoms with van der Waals surface area (Å²) < 4.78 is 10.6. The highest BCUT2D eigenvalue weighted by atomic mass is 16.5. The van der Waals surface area contributed by atoms with Gasteiger partial charge in [0.05, 0.1) is 18.0 Å². The molecule has 0 aliphatic heterocycles. The van der Waals surface area contributed by atoms with E-state index in [1.165, 1.54) is 21.8 Å². The molecule has 0 radical (unpaired) electrons. The van der Waals surface area contributed by atoms with Gasteiger partial charge in [-0.05, 0) is 48.3 Å². The molecule has 10 nitrogen and oxygen atoms in total. The van der Waals surface area contributed by atoms with Crippen molar-refractivity contribution in [3.8, 4) is 0 Å². The Hall–Kier alpha value is -3.82. The number of aryl methyl sites for hydroxylation is 2. The molecule has 0 spiro atoms. The molecule has 4 atom stereocenters. The van der Waals surface area contributed by atoms with Gasteiger partial charge in [-0.15, -0.1) is 0 Å². The molecule has 2 aliphatic carbocycles. The second-order valence-electron chi connectivity index (χ2n) is 9.36. The van der Waals surface area contributed by atoms with Crippen LogP contribution in [0.25, 0.3) is 22.1 Å². The number of nitrogens with zero attached hydrogens (tertiary/aromatic N) is 8. The van der Waals surface area contributed by atoms with Gasteiger partial charge < -0.3 is 9.09 Å². The lowest BCUT2D eigenvalue weighted by molar-refractivity contribution is 0.363. The Labute approximate surface area is 187 Å². The van der Waals surface area contributed by atoms with Crippen LogP contribution in [0.2, 0.25) is 0 Å². The molecule has 0 bridgehead atoms. The van der Waals surface area contributed by atoms with Gasteiger partial charge in [0.25, 0.3) is 5.56 Å². The van der Waals surface area contributed by atoms with Crippen molar-refractivity contribution in [1.29, 1.82) is 0 Å². The first kappa shape index (κ1) is 18.7. The number of aromatic nitrogens is 8. The number of hydrogen-bond acceptors (Lipinski definition) is 7. The predicted molar refractivity (Wildman–Crippen MR) is 119 cm³/mol. The zero-order valence-electron chi connectivity index (χ0n) is 18.3. The van der Waals surface area contributed by atoms with E-state index in [-0.39, 0.29) is 12.1 Å². The number of benzene rings is 1. The average Bonchev–Trinajstić information content (AvgIpc) is 3.35. The molecule has 4 heterocycles. The van der Waals surface area contributed by atoms with Crippen LogP contribution in [0.1, 0.15) is 42.0 Å². The first-order valence-electron chi connectivity index (χ1n) is 11.2. The Bertz CT molecular complexity index is 1580. The van der Waals surface area contributed by atoms with Crippen molar-refractivity contribution in [2.75, 3.05) is 0 Å². The first-order valence-corrected chi connectivity index (χ1v) is 11.2. The number of hydrogen-bond donors (Lipinski definition) is 0. The fourth-order valence-electron chi connectivity index (χ4n) is 5.73. The van der Waals surface area contributed by atoms with Crippen LogP contribution in [0.3, 0.4) is 0 Å². The summed E-state index contributed by atoms with van der Waals surface area (Å²) >= 11 is 0. The van der Waals surface area contributed by atoms with E-state index in [4.69, 9.17) is 4.52 Å². The molecule has 166 valence electrons. The molecular weight excluding hydrogens is 420 g/mol. The zero-order valence-corrected chi connectivity index (χ0v) is 18.3. The summed E-state index contributed by atoms with van der Waals surface area (Å²) in [6, 6.07) is 6.69. The molecule has 0 amide bonds. The van der Waals surface area contributed by atoms with Crippen LogP contribution in [0.4, 0.5) is 0 Å². The minimum absolute atomic E-state index is 0.170. The third kappa shape index (κ3) is 2.79. The fraction of sp³-hybridized carbons (Fsp3) is 0.391. The Morgan fingerprint density at radius 2 is 1.94 bits per heavy atom. The van der Waals surface area contributed by atoms with Crippen molar-refractivity contribution in [2.24, 2.45) is 25.9 Å². The van der Waals surface area contributed by atoms with E-state index in [2.05, 4.69) is 43.4 Å². The van der Waals surface area contributed by atoms with Crippen molar-refractivity contribution in [1.82, 2.24) is 39.0 Å². The van der Waals surface area contributed by atoms with Crippen LogP contribution in [-0.2, 0) is 20.6 Å². The van der Waals surface area contributed by atoms with Gasteiger partial charge in [0, 0.05) is 25.4 Å². The minimum atomic E-state index is -0.170. The number of imidazole rings is 1. The van der Waals surface area contributed by atoms with Crippen molar-refractivity contribution in [3.05, 3.63) is 64.7 Å². The molecule has 1 aromatic carbocycles. The highest BCUT2D eigenvalue weighted by molar-refractivity contribution is 5.79. The maximum absolute atomic E-state index is 12.7. The molecule has 33 heavy (non-hydrogen) atoms. The van der Waals surface area contributed by atoms with Gasteiger partial charge in [-0.2, -0.15) is 10.1 Å². The van der Waals surface area contributed by atoms with Crippen LogP contribution < -0.4 is 5.56 Å². The lowest BCUT2D eigenvalue weighted by Crippen LogP contribution is -2.22. The van der Waals surface area contributed by atoms with Crippen LogP contribution in [0.15, 0.2) is 46.4 Å². The quantitative estimate of drug-likeness (QED) is 0.420. The molecular formula is C23H22N8O2. The summed E-state index contributed by atoms with van der Waals surface area (Å²) in [6.07, 6.45) is 7.29. The number of fused-ring (bicyclic) bond motifs is 3. The van der Waals surface area contributed by atoms with E-state index in [0.717, 1.165) is 24.2 Å². The maximum atomic E-state index is 12.7. The molecule has 2 fully saturated rings. The first-order chi connectivity index (χ1) is 16.1. The van der Waals surface area contributed by atoms with Crippen molar-refractivity contribution >= 4 is 22.1 Å². The predicted octanol–water partition coefficient (Wildman–Crippen LogP) is 2.36.